The van der Waals surface area contributed by atoms with E-state index in [0.717, 1.165) is 6.54 Å². The van der Waals surface area contributed by atoms with Crippen LogP contribution in [0.1, 0.15) is 23.8 Å². The van der Waals surface area contributed by atoms with Crippen molar-refractivity contribution in [2.45, 2.75) is 12.5 Å². The lowest BCUT2D eigenvalue weighted by atomic mass is 9.99. The normalized spacial score (nSPS) is 19.0. The van der Waals surface area contributed by atoms with Gasteiger partial charge in [0.25, 0.3) is 11.7 Å². The van der Waals surface area contributed by atoms with E-state index in [2.05, 4.69) is 0 Å². The molecular formula is C20H21ClN2O5. The maximum Gasteiger partial charge on any atom is 0.295 e. The molecule has 28 heavy (non-hydrogen) atoms. The maximum atomic E-state index is 12.8. The summed E-state index contributed by atoms with van der Waals surface area (Å²) in [4.78, 5) is 28.8. The van der Waals surface area contributed by atoms with Crippen molar-refractivity contribution in [2.24, 2.45) is 0 Å². The molecule has 0 aliphatic carbocycles. The number of rotatable bonds is 6. The highest BCUT2D eigenvalue weighted by molar-refractivity contribution is 6.46. The van der Waals surface area contributed by atoms with Crippen molar-refractivity contribution >= 4 is 29.1 Å². The highest BCUT2D eigenvalue weighted by atomic mass is 35.5. The summed E-state index contributed by atoms with van der Waals surface area (Å²) in [6.07, 6.45) is 2.08. The Morgan fingerprint density at radius 1 is 1.29 bits per heavy atom. The topological polar surface area (TPSA) is 94.2 Å². The van der Waals surface area contributed by atoms with Gasteiger partial charge in [-0.25, -0.2) is 0 Å². The summed E-state index contributed by atoms with van der Waals surface area (Å²) in [5.74, 6) is -1.94. The molecule has 1 aromatic carbocycles. The summed E-state index contributed by atoms with van der Waals surface area (Å²) in [6, 6.07) is 6.51. The monoisotopic (exact) mass is 404 g/mol. The molecule has 2 aromatic rings. The van der Waals surface area contributed by atoms with Gasteiger partial charge in [0.2, 0.25) is 0 Å². The molecule has 1 unspecified atom stereocenters. The Labute approximate surface area is 167 Å². The number of furan rings is 1. The fourth-order valence-electron chi connectivity index (χ4n) is 3.25. The largest absolute Gasteiger partial charge is 0.507 e. The Hall–Kier alpha value is -2.77. The molecule has 1 aliphatic rings. The number of ketones is 1. The van der Waals surface area contributed by atoms with Crippen molar-refractivity contribution in [2.75, 3.05) is 27.2 Å². The number of benzene rings is 1. The number of phenolic OH excluding ortho intramolecular Hbond substituents is 1. The molecule has 0 saturated carbocycles. The molecule has 1 atom stereocenters. The first-order valence-corrected chi connectivity index (χ1v) is 9.14. The Morgan fingerprint density at radius 3 is 2.68 bits per heavy atom. The van der Waals surface area contributed by atoms with Gasteiger partial charge in [-0.05, 0) is 57.4 Å². The number of Topliss-reactive ketones (excluding diaryl/α,β-unsaturated/α-hetero) is 1. The predicted octanol–water partition coefficient (Wildman–Crippen LogP) is 3.01. The van der Waals surface area contributed by atoms with Gasteiger partial charge < -0.3 is 24.4 Å². The molecule has 2 heterocycles. The van der Waals surface area contributed by atoms with E-state index in [-0.39, 0.29) is 21.9 Å². The summed E-state index contributed by atoms with van der Waals surface area (Å²) in [7, 11) is 3.83. The van der Waals surface area contributed by atoms with E-state index in [1.807, 2.05) is 19.0 Å². The van der Waals surface area contributed by atoms with Crippen LogP contribution >= 0.6 is 11.6 Å². The van der Waals surface area contributed by atoms with Gasteiger partial charge in [0, 0.05) is 11.6 Å². The van der Waals surface area contributed by atoms with Crippen molar-refractivity contribution in [1.29, 1.82) is 0 Å². The molecule has 1 amide bonds. The number of hydrogen-bond acceptors (Lipinski definition) is 6. The van der Waals surface area contributed by atoms with Crippen molar-refractivity contribution in [3.05, 3.63) is 58.5 Å². The molecule has 0 spiro atoms. The number of hydrogen-bond donors (Lipinski definition) is 2. The van der Waals surface area contributed by atoms with Crippen LogP contribution in [0.4, 0.5) is 0 Å². The molecule has 0 bridgehead atoms. The second-order valence-corrected chi connectivity index (χ2v) is 7.26. The number of likely N-dealkylation sites (tertiary alicyclic amines) is 1. The summed E-state index contributed by atoms with van der Waals surface area (Å²) >= 11 is 5.97. The van der Waals surface area contributed by atoms with Crippen molar-refractivity contribution < 1.29 is 24.2 Å². The number of carbonyl (C=O) groups is 2. The van der Waals surface area contributed by atoms with E-state index in [1.165, 1.54) is 29.4 Å². The Bertz CT molecular complexity index is 921. The predicted molar refractivity (Wildman–Crippen MR) is 104 cm³/mol. The third-order valence-corrected chi connectivity index (χ3v) is 4.81. The SMILES string of the molecule is CN(C)CCCN1C(=O)C(=O)C(=C(O)c2cc(Cl)ccc2O)C1c1ccco1. The average Bonchev–Trinajstić information content (AvgIpc) is 3.25. The third-order valence-electron chi connectivity index (χ3n) is 4.57. The van der Waals surface area contributed by atoms with E-state index >= 15 is 0 Å². The molecule has 1 aliphatic heterocycles. The second kappa shape index (κ2) is 8.08. The van der Waals surface area contributed by atoms with Crippen LogP contribution in [0.25, 0.3) is 5.76 Å². The standard InChI is InChI=1S/C20H21ClN2O5/c1-22(2)8-4-9-23-17(15-5-3-10-28-15)16(19(26)20(23)27)18(25)13-11-12(21)6-7-14(13)24/h3,5-7,10-11,17,24-25H,4,8-9H2,1-2H3. The van der Waals surface area contributed by atoms with E-state index in [0.29, 0.717) is 18.7 Å². The van der Waals surface area contributed by atoms with Crippen LogP contribution in [-0.2, 0) is 9.59 Å². The molecule has 2 N–H and O–H groups in total. The van der Waals surface area contributed by atoms with E-state index in [9.17, 15) is 19.8 Å². The van der Waals surface area contributed by atoms with E-state index in [1.54, 1.807) is 12.1 Å². The zero-order chi connectivity index (χ0) is 20.4. The maximum absolute atomic E-state index is 12.8. The minimum absolute atomic E-state index is 0.0182. The number of amides is 1. The first kappa shape index (κ1) is 20.0. The third kappa shape index (κ3) is 3.76. The highest BCUT2D eigenvalue weighted by Gasteiger charge is 2.47. The van der Waals surface area contributed by atoms with Crippen LogP contribution in [0.15, 0.2) is 46.6 Å². The fourth-order valence-corrected chi connectivity index (χ4v) is 3.43. The van der Waals surface area contributed by atoms with Crippen molar-refractivity contribution in [3.8, 4) is 5.75 Å². The summed E-state index contributed by atoms with van der Waals surface area (Å²) < 4.78 is 5.45. The van der Waals surface area contributed by atoms with Gasteiger partial charge in [0.15, 0.2) is 0 Å². The number of aliphatic hydroxyl groups is 1. The molecule has 148 valence electrons. The van der Waals surface area contributed by atoms with Crippen molar-refractivity contribution in [3.63, 3.8) is 0 Å². The molecule has 0 radical (unpaired) electrons. The zero-order valence-corrected chi connectivity index (χ0v) is 16.3. The molecule has 7 nitrogen and oxygen atoms in total. The quantitative estimate of drug-likeness (QED) is 0.436. The molecule has 1 aromatic heterocycles. The number of phenols is 1. The van der Waals surface area contributed by atoms with Gasteiger partial charge in [0.1, 0.15) is 23.3 Å². The van der Waals surface area contributed by atoms with Crippen LogP contribution in [0.5, 0.6) is 5.75 Å². The summed E-state index contributed by atoms with van der Waals surface area (Å²) in [6.45, 7) is 1.04. The zero-order valence-electron chi connectivity index (χ0n) is 15.6. The number of aromatic hydroxyl groups is 1. The first-order chi connectivity index (χ1) is 13.3. The van der Waals surface area contributed by atoms with Gasteiger partial charge in [0.05, 0.1) is 17.4 Å². The van der Waals surface area contributed by atoms with Crippen LogP contribution in [-0.4, -0.2) is 58.9 Å². The number of nitrogens with zero attached hydrogens (tertiary/aromatic N) is 2. The van der Waals surface area contributed by atoms with Crippen LogP contribution in [0.2, 0.25) is 5.02 Å². The molecule has 3 rings (SSSR count). The van der Waals surface area contributed by atoms with Crippen LogP contribution in [0.3, 0.4) is 0 Å². The molecule has 1 fully saturated rings. The van der Waals surface area contributed by atoms with Gasteiger partial charge in [-0.1, -0.05) is 11.6 Å². The Balaban J connectivity index is 2.09. The second-order valence-electron chi connectivity index (χ2n) is 6.83. The summed E-state index contributed by atoms with van der Waals surface area (Å²) in [5, 5.41) is 21.2. The molecule has 8 heteroatoms. The number of aliphatic hydroxyl groups excluding tert-OH is 1. The lowest BCUT2D eigenvalue weighted by molar-refractivity contribution is -0.140. The average molecular weight is 405 g/mol. The molecule has 1 saturated heterocycles. The Morgan fingerprint density at radius 2 is 2.04 bits per heavy atom. The lowest BCUT2D eigenvalue weighted by Gasteiger charge is -2.24. The molecular weight excluding hydrogens is 384 g/mol. The highest BCUT2D eigenvalue weighted by Crippen LogP contribution is 2.41. The Kier molecular flexibility index (Phi) is 5.76. The van der Waals surface area contributed by atoms with E-state index < -0.39 is 23.5 Å². The minimum atomic E-state index is -0.879. The minimum Gasteiger partial charge on any atom is -0.507 e. The van der Waals surface area contributed by atoms with Gasteiger partial charge in [-0.3, -0.25) is 9.59 Å². The van der Waals surface area contributed by atoms with Crippen molar-refractivity contribution in [1.82, 2.24) is 9.80 Å². The lowest BCUT2D eigenvalue weighted by Crippen LogP contribution is -2.32. The number of carbonyl (C=O) groups excluding carboxylic acids is 2. The van der Waals surface area contributed by atoms with Gasteiger partial charge in [-0.15, -0.1) is 0 Å². The van der Waals surface area contributed by atoms with Gasteiger partial charge >= 0.3 is 0 Å². The smallest absolute Gasteiger partial charge is 0.295 e. The van der Waals surface area contributed by atoms with Gasteiger partial charge in [-0.2, -0.15) is 0 Å². The van der Waals surface area contributed by atoms with Crippen LogP contribution in [0, 0.1) is 0 Å². The first-order valence-electron chi connectivity index (χ1n) is 8.76. The van der Waals surface area contributed by atoms with E-state index in [4.69, 9.17) is 16.0 Å². The van der Waals surface area contributed by atoms with Crippen LogP contribution < -0.4 is 0 Å². The fraction of sp³-hybridized carbons (Fsp3) is 0.300. The number of halogens is 1. The summed E-state index contributed by atoms with van der Waals surface area (Å²) in [5.41, 5.74) is -0.155.